The maximum atomic E-state index is 11.2. The predicted octanol–water partition coefficient (Wildman–Crippen LogP) is 0.704. The van der Waals surface area contributed by atoms with Gasteiger partial charge in [0, 0.05) is 12.6 Å². The summed E-state index contributed by atoms with van der Waals surface area (Å²) in [5, 5.41) is 3.30. The van der Waals surface area contributed by atoms with Crippen molar-refractivity contribution >= 4 is 10.0 Å². The zero-order valence-electron chi connectivity index (χ0n) is 9.62. The van der Waals surface area contributed by atoms with Gasteiger partial charge in [-0.15, -0.1) is 0 Å². The van der Waals surface area contributed by atoms with Crippen molar-refractivity contribution in [2.45, 2.75) is 38.6 Å². The van der Waals surface area contributed by atoms with Crippen LogP contribution in [0.5, 0.6) is 0 Å². The van der Waals surface area contributed by atoms with E-state index in [1.807, 2.05) is 0 Å². The van der Waals surface area contributed by atoms with Crippen molar-refractivity contribution in [3.8, 4) is 0 Å². The average Bonchev–Trinajstić information content (AvgIpc) is 2.70. The van der Waals surface area contributed by atoms with Crippen LogP contribution in [0.2, 0.25) is 0 Å². The minimum absolute atomic E-state index is 0.167. The van der Waals surface area contributed by atoms with Gasteiger partial charge in [-0.2, -0.15) is 0 Å². The first kappa shape index (κ1) is 12.9. The van der Waals surface area contributed by atoms with E-state index in [0.29, 0.717) is 12.6 Å². The molecule has 4 nitrogen and oxygen atoms in total. The Morgan fingerprint density at radius 3 is 2.47 bits per heavy atom. The second-order valence-electron chi connectivity index (χ2n) is 4.31. The van der Waals surface area contributed by atoms with E-state index in [4.69, 9.17) is 0 Å². The smallest absolute Gasteiger partial charge is 0.212 e. The lowest BCUT2D eigenvalue weighted by molar-refractivity contribution is 0.389. The standard InChI is InChI=1S/C10H22N2O2S/c1-9(10-5-3-4-6-10)12-7-8-15(13,14)11-2/h9-12H,3-8H2,1-2H3. The van der Waals surface area contributed by atoms with E-state index in [1.54, 1.807) is 0 Å². The van der Waals surface area contributed by atoms with Gasteiger partial charge < -0.3 is 5.32 Å². The maximum Gasteiger partial charge on any atom is 0.212 e. The number of hydrogen-bond donors (Lipinski definition) is 2. The first-order valence-corrected chi connectivity index (χ1v) is 7.35. The zero-order chi connectivity index (χ0) is 11.3. The maximum absolute atomic E-state index is 11.2. The van der Waals surface area contributed by atoms with Crippen LogP contribution in [-0.4, -0.2) is 33.8 Å². The van der Waals surface area contributed by atoms with Gasteiger partial charge in [0.2, 0.25) is 10.0 Å². The third kappa shape index (κ3) is 4.49. The fourth-order valence-electron chi connectivity index (χ4n) is 2.15. The lowest BCUT2D eigenvalue weighted by Gasteiger charge is -2.20. The summed E-state index contributed by atoms with van der Waals surface area (Å²) in [5.41, 5.74) is 0. The van der Waals surface area contributed by atoms with Crippen LogP contribution in [0.15, 0.2) is 0 Å². The Bertz CT molecular complexity index is 271. The van der Waals surface area contributed by atoms with E-state index in [0.717, 1.165) is 5.92 Å². The van der Waals surface area contributed by atoms with Crippen molar-refractivity contribution in [2.24, 2.45) is 5.92 Å². The third-order valence-corrected chi connectivity index (χ3v) is 4.62. The zero-order valence-corrected chi connectivity index (χ0v) is 10.4. The normalized spacial score (nSPS) is 20.7. The largest absolute Gasteiger partial charge is 0.313 e. The van der Waals surface area contributed by atoms with E-state index in [9.17, 15) is 8.42 Å². The first-order chi connectivity index (χ1) is 7.05. The molecule has 1 rings (SSSR count). The molecule has 0 aromatic rings. The molecule has 0 heterocycles. The van der Waals surface area contributed by atoms with E-state index in [-0.39, 0.29) is 5.75 Å². The molecule has 1 atom stereocenters. The number of sulfonamides is 1. The molecule has 0 amide bonds. The second kappa shape index (κ2) is 5.82. The summed E-state index contributed by atoms with van der Waals surface area (Å²) in [7, 11) is -1.60. The molecule has 1 unspecified atom stereocenters. The highest BCUT2D eigenvalue weighted by Crippen LogP contribution is 2.27. The highest BCUT2D eigenvalue weighted by molar-refractivity contribution is 7.89. The Hall–Kier alpha value is -0.130. The lowest BCUT2D eigenvalue weighted by Crippen LogP contribution is -2.37. The topological polar surface area (TPSA) is 58.2 Å². The molecule has 15 heavy (non-hydrogen) atoms. The Morgan fingerprint density at radius 2 is 1.93 bits per heavy atom. The molecule has 0 radical (unpaired) electrons. The minimum atomic E-state index is -3.05. The molecule has 0 spiro atoms. The summed E-state index contributed by atoms with van der Waals surface area (Å²) in [6, 6.07) is 0.444. The van der Waals surface area contributed by atoms with Crippen LogP contribution in [0.3, 0.4) is 0 Å². The van der Waals surface area contributed by atoms with Gasteiger partial charge in [-0.1, -0.05) is 12.8 Å². The summed E-state index contributed by atoms with van der Waals surface area (Å²) in [4.78, 5) is 0. The van der Waals surface area contributed by atoms with E-state index >= 15 is 0 Å². The van der Waals surface area contributed by atoms with Crippen molar-refractivity contribution in [1.82, 2.24) is 10.0 Å². The van der Waals surface area contributed by atoms with Gasteiger partial charge in [-0.05, 0) is 32.7 Å². The fraction of sp³-hybridized carbons (Fsp3) is 1.00. The van der Waals surface area contributed by atoms with Crippen LogP contribution >= 0.6 is 0 Å². The second-order valence-corrected chi connectivity index (χ2v) is 6.36. The van der Waals surface area contributed by atoms with Crippen LogP contribution < -0.4 is 10.0 Å². The minimum Gasteiger partial charge on any atom is -0.313 e. The SMILES string of the molecule is CNS(=O)(=O)CCNC(C)C1CCCC1. The van der Waals surface area contributed by atoms with Crippen LogP contribution in [0.25, 0.3) is 0 Å². The van der Waals surface area contributed by atoms with Crippen LogP contribution in [-0.2, 0) is 10.0 Å². The van der Waals surface area contributed by atoms with Crippen molar-refractivity contribution in [3.05, 3.63) is 0 Å². The van der Waals surface area contributed by atoms with Gasteiger partial charge in [0.1, 0.15) is 0 Å². The molecule has 1 saturated carbocycles. The van der Waals surface area contributed by atoms with Gasteiger partial charge in [0.25, 0.3) is 0 Å². The molecular formula is C10H22N2O2S. The van der Waals surface area contributed by atoms with E-state index in [2.05, 4.69) is 17.0 Å². The van der Waals surface area contributed by atoms with Crippen molar-refractivity contribution in [2.75, 3.05) is 19.3 Å². The molecular weight excluding hydrogens is 212 g/mol. The Balaban J connectivity index is 2.19. The number of hydrogen-bond acceptors (Lipinski definition) is 3. The molecule has 0 saturated heterocycles. The van der Waals surface area contributed by atoms with Crippen molar-refractivity contribution in [1.29, 1.82) is 0 Å². The van der Waals surface area contributed by atoms with Crippen LogP contribution in [0.1, 0.15) is 32.6 Å². The molecule has 0 aliphatic heterocycles. The Morgan fingerprint density at radius 1 is 1.33 bits per heavy atom. The monoisotopic (exact) mass is 234 g/mol. The molecule has 0 bridgehead atoms. The Kier molecular flexibility index (Phi) is 5.02. The van der Waals surface area contributed by atoms with E-state index in [1.165, 1.54) is 32.7 Å². The summed E-state index contributed by atoms with van der Waals surface area (Å²) in [6.07, 6.45) is 5.22. The summed E-state index contributed by atoms with van der Waals surface area (Å²) >= 11 is 0. The van der Waals surface area contributed by atoms with Gasteiger partial charge in [0.15, 0.2) is 0 Å². The van der Waals surface area contributed by atoms with Gasteiger partial charge >= 0.3 is 0 Å². The molecule has 5 heteroatoms. The fourth-order valence-corrected chi connectivity index (χ4v) is 2.74. The van der Waals surface area contributed by atoms with Crippen molar-refractivity contribution < 1.29 is 8.42 Å². The summed E-state index contributed by atoms with van der Waals surface area (Å²) in [5.74, 6) is 0.905. The molecule has 1 aliphatic carbocycles. The summed E-state index contributed by atoms with van der Waals surface area (Å²) in [6.45, 7) is 2.70. The molecule has 0 aromatic carbocycles. The number of nitrogens with one attached hydrogen (secondary N) is 2. The van der Waals surface area contributed by atoms with Crippen molar-refractivity contribution in [3.63, 3.8) is 0 Å². The molecule has 2 N–H and O–H groups in total. The predicted molar refractivity (Wildman–Crippen MR) is 62.3 cm³/mol. The van der Waals surface area contributed by atoms with E-state index < -0.39 is 10.0 Å². The first-order valence-electron chi connectivity index (χ1n) is 5.70. The molecule has 90 valence electrons. The highest BCUT2D eigenvalue weighted by Gasteiger charge is 2.21. The number of rotatable bonds is 6. The van der Waals surface area contributed by atoms with Crippen LogP contribution in [0.4, 0.5) is 0 Å². The summed E-state index contributed by atoms with van der Waals surface area (Å²) < 4.78 is 24.6. The van der Waals surface area contributed by atoms with Gasteiger partial charge in [0.05, 0.1) is 5.75 Å². The highest BCUT2D eigenvalue weighted by atomic mass is 32.2. The lowest BCUT2D eigenvalue weighted by atomic mass is 10.00. The quantitative estimate of drug-likeness (QED) is 0.711. The molecule has 0 aromatic heterocycles. The average molecular weight is 234 g/mol. The third-order valence-electron chi connectivity index (χ3n) is 3.26. The molecule has 1 fully saturated rings. The Labute approximate surface area is 92.9 Å². The molecule has 1 aliphatic rings. The van der Waals surface area contributed by atoms with Crippen LogP contribution in [0, 0.1) is 5.92 Å². The van der Waals surface area contributed by atoms with Gasteiger partial charge in [-0.3, -0.25) is 0 Å². The van der Waals surface area contributed by atoms with Gasteiger partial charge in [-0.25, -0.2) is 13.1 Å².